The van der Waals surface area contributed by atoms with E-state index < -0.39 is 0 Å². The van der Waals surface area contributed by atoms with Crippen LogP contribution in [0, 0.1) is 13.8 Å². The molecule has 1 amide bonds. The number of piperidine rings is 1. The van der Waals surface area contributed by atoms with Gasteiger partial charge < -0.3 is 19.3 Å². The number of aromatic nitrogens is 1. The molecular weight excluding hydrogens is 402 g/mol. The Kier molecular flexibility index (Phi) is 6.44. The monoisotopic (exact) mass is 429 g/mol. The lowest BCUT2D eigenvalue weighted by molar-refractivity contribution is 0.0302. The molecular formula is C23H28ClN3O3. The third kappa shape index (κ3) is 4.71. The van der Waals surface area contributed by atoms with E-state index in [1.165, 1.54) is 11.1 Å². The Morgan fingerprint density at radius 2 is 1.83 bits per heavy atom. The normalized spacial score (nSPS) is 17.8. The van der Waals surface area contributed by atoms with Crippen molar-refractivity contribution in [3.63, 3.8) is 0 Å². The van der Waals surface area contributed by atoms with Crippen LogP contribution in [0.15, 0.2) is 30.5 Å². The van der Waals surface area contributed by atoms with Crippen molar-refractivity contribution < 1.29 is 14.3 Å². The van der Waals surface area contributed by atoms with Crippen LogP contribution >= 0.6 is 11.6 Å². The molecule has 160 valence electrons. The first kappa shape index (κ1) is 20.9. The number of halogens is 1. The summed E-state index contributed by atoms with van der Waals surface area (Å²) in [5.41, 5.74) is 3.04. The molecule has 2 aliphatic rings. The van der Waals surface area contributed by atoms with E-state index in [0.29, 0.717) is 36.9 Å². The highest BCUT2D eigenvalue weighted by Crippen LogP contribution is 2.29. The lowest BCUT2D eigenvalue weighted by Crippen LogP contribution is -2.41. The van der Waals surface area contributed by atoms with E-state index in [1.807, 2.05) is 6.07 Å². The summed E-state index contributed by atoms with van der Waals surface area (Å²) >= 11 is 6.51. The third-order valence-electron chi connectivity index (χ3n) is 5.89. The molecule has 0 spiro atoms. The quantitative estimate of drug-likeness (QED) is 0.738. The molecule has 2 aliphatic heterocycles. The van der Waals surface area contributed by atoms with E-state index in [-0.39, 0.29) is 12.0 Å². The predicted octanol–water partition coefficient (Wildman–Crippen LogP) is 3.87. The summed E-state index contributed by atoms with van der Waals surface area (Å²) in [4.78, 5) is 21.1. The maximum absolute atomic E-state index is 12.6. The minimum atomic E-state index is -0.0419. The number of hydrogen-bond donors (Lipinski definition) is 0. The number of anilines is 1. The molecule has 0 bridgehead atoms. The van der Waals surface area contributed by atoms with Gasteiger partial charge in [-0.05, 0) is 43.2 Å². The van der Waals surface area contributed by atoms with Crippen LogP contribution in [-0.4, -0.2) is 61.3 Å². The molecule has 2 saturated heterocycles. The van der Waals surface area contributed by atoms with Crippen LogP contribution in [0.3, 0.4) is 0 Å². The average Bonchev–Trinajstić information content (AvgIpc) is 2.77. The van der Waals surface area contributed by atoms with E-state index in [1.54, 1.807) is 17.2 Å². The molecule has 0 radical (unpaired) electrons. The number of ether oxygens (including phenoxy) is 2. The van der Waals surface area contributed by atoms with Crippen molar-refractivity contribution in [3.8, 4) is 5.75 Å². The molecule has 2 aromatic rings. The van der Waals surface area contributed by atoms with Crippen molar-refractivity contribution >= 4 is 23.3 Å². The van der Waals surface area contributed by atoms with Crippen LogP contribution in [0.4, 0.5) is 5.82 Å². The summed E-state index contributed by atoms with van der Waals surface area (Å²) in [5, 5.41) is 0.516. The molecule has 1 aromatic heterocycles. The van der Waals surface area contributed by atoms with E-state index in [2.05, 4.69) is 35.9 Å². The topological polar surface area (TPSA) is 54.9 Å². The van der Waals surface area contributed by atoms with Gasteiger partial charge >= 0.3 is 0 Å². The second-order valence-electron chi connectivity index (χ2n) is 7.98. The highest BCUT2D eigenvalue weighted by atomic mass is 35.5. The van der Waals surface area contributed by atoms with Gasteiger partial charge in [0, 0.05) is 45.2 Å². The minimum Gasteiger partial charge on any atom is -0.490 e. The van der Waals surface area contributed by atoms with Crippen molar-refractivity contribution in [1.82, 2.24) is 9.88 Å². The van der Waals surface area contributed by atoms with Crippen LogP contribution in [0.2, 0.25) is 5.02 Å². The third-order valence-corrected chi connectivity index (χ3v) is 6.17. The number of amides is 1. The molecule has 1 aromatic carbocycles. The van der Waals surface area contributed by atoms with Gasteiger partial charge in [0.15, 0.2) is 0 Å². The van der Waals surface area contributed by atoms with Gasteiger partial charge in [-0.25, -0.2) is 4.98 Å². The number of hydrogen-bond acceptors (Lipinski definition) is 5. The van der Waals surface area contributed by atoms with Crippen molar-refractivity contribution in [3.05, 3.63) is 52.2 Å². The van der Waals surface area contributed by atoms with Gasteiger partial charge in [0.25, 0.3) is 5.91 Å². The highest BCUT2D eigenvalue weighted by Gasteiger charge is 2.25. The van der Waals surface area contributed by atoms with E-state index >= 15 is 0 Å². The second-order valence-corrected chi connectivity index (χ2v) is 8.39. The average molecular weight is 430 g/mol. The molecule has 6 nitrogen and oxygen atoms in total. The summed E-state index contributed by atoms with van der Waals surface area (Å²) in [6, 6.07) is 7.98. The minimum absolute atomic E-state index is 0.0419. The number of aryl methyl sites for hydroxylation is 2. The summed E-state index contributed by atoms with van der Waals surface area (Å²) in [6.07, 6.45) is 3.62. The Bertz CT molecular complexity index is 907. The van der Waals surface area contributed by atoms with Crippen LogP contribution in [-0.2, 0) is 4.74 Å². The number of benzene rings is 1. The zero-order valence-corrected chi connectivity index (χ0v) is 18.3. The summed E-state index contributed by atoms with van der Waals surface area (Å²) in [7, 11) is 0. The molecule has 30 heavy (non-hydrogen) atoms. The van der Waals surface area contributed by atoms with Gasteiger partial charge in [-0.1, -0.05) is 17.7 Å². The maximum Gasteiger partial charge on any atom is 0.255 e. The first-order valence-electron chi connectivity index (χ1n) is 10.5. The number of carbonyl (C=O) groups excluding carboxylic acids is 1. The van der Waals surface area contributed by atoms with Crippen LogP contribution in [0.5, 0.6) is 5.75 Å². The molecule has 7 heteroatoms. The van der Waals surface area contributed by atoms with Gasteiger partial charge in [-0.2, -0.15) is 0 Å². The summed E-state index contributed by atoms with van der Waals surface area (Å²) < 4.78 is 11.5. The van der Waals surface area contributed by atoms with E-state index in [4.69, 9.17) is 21.1 Å². The SMILES string of the molecule is Cc1ccc(OC2CCN(c3ncc(C(=O)N4CCOCC4)cc3Cl)CC2)cc1C. The summed E-state index contributed by atoms with van der Waals surface area (Å²) in [5.74, 6) is 1.62. The molecule has 0 unspecified atom stereocenters. The largest absolute Gasteiger partial charge is 0.490 e. The Morgan fingerprint density at radius 1 is 1.10 bits per heavy atom. The zero-order chi connectivity index (χ0) is 21.1. The molecule has 0 N–H and O–H groups in total. The van der Waals surface area contributed by atoms with Gasteiger partial charge in [-0.15, -0.1) is 0 Å². The van der Waals surface area contributed by atoms with E-state index in [0.717, 1.165) is 37.5 Å². The Balaban J connectivity index is 1.36. The Hall–Kier alpha value is -2.31. The Morgan fingerprint density at radius 3 is 2.50 bits per heavy atom. The van der Waals surface area contributed by atoms with Gasteiger partial charge in [0.2, 0.25) is 0 Å². The lowest BCUT2D eigenvalue weighted by atomic mass is 10.1. The number of morpholine rings is 1. The Labute approximate surface area is 182 Å². The zero-order valence-electron chi connectivity index (χ0n) is 17.6. The molecule has 0 saturated carbocycles. The molecule has 2 fully saturated rings. The smallest absolute Gasteiger partial charge is 0.255 e. The first-order valence-corrected chi connectivity index (χ1v) is 10.9. The van der Waals surface area contributed by atoms with Gasteiger partial charge in [0.1, 0.15) is 17.7 Å². The summed E-state index contributed by atoms with van der Waals surface area (Å²) in [6.45, 7) is 8.20. The lowest BCUT2D eigenvalue weighted by Gasteiger charge is -2.33. The first-order chi connectivity index (χ1) is 14.5. The number of pyridine rings is 1. The van der Waals surface area contributed by atoms with Crippen LogP contribution in [0.25, 0.3) is 0 Å². The second kappa shape index (κ2) is 9.23. The number of nitrogens with zero attached hydrogens (tertiary/aromatic N) is 3. The van der Waals surface area contributed by atoms with Gasteiger partial charge in [0.05, 0.1) is 23.8 Å². The van der Waals surface area contributed by atoms with Crippen molar-refractivity contribution in [1.29, 1.82) is 0 Å². The maximum atomic E-state index is 12.6. The van der Waals surface area contributed by atoms with Crippen LogP contribution in [0.1, 0.15) is 34.3 Å². The fraction of sp³-hybridized carbons (Fsp3) is 0.478. The number of rotatable bonds is 4. The standard InChI is InChI=1S/C23H28ClN3O3/c1-16-3-4-20(13-17(16)2)30-19-5-7-26(8-6-19)22-21(24)14-18(15-25-22)23(28)27-9-11-29-12-10-27/h3-4,13-15,19H,5-12H2,1-2H3. The van der Waals surface area contributed by atoms with Crippen molar-refractivity contribution in [2.24, 2.45) is 0 Å². The molecule has 0 aliphatic carbocycles. The van der Waals surface area contributed by atoms with Crippen molar-refractivity contribution in [2.45, 2.75) is 32.8 Å². The number of carbonyl (C=O) groups is 1. The van der Waals surface area contributed by atoms with Crippen molar-refractivity contribution in [2.75, 3.05) is 44.3 Å². The predicted molar refractivity (Wildman–Crippen MR) is 118 cm³/mol. The molecule has 3 heterocycles. The molecule has 4 rings (SSSR count). The van der Waals surface area contributed by atoms with E-state index in [9.17, 15) is 4.79 Å². The molecule has 0 atom stereocenters. The van der Waals surface area contributed by atoms with Crippen LogP contribution < -0.4 is 9.64 Å². The highest BCUT2D eigenvalue weighted by molar-refractivity contribution is 6.33. The fourth-order valence-corrected chi connectivity index (χ4v) is 4.18. The van der Waals surface area contributed by atoms with Gasteiger partial charge in [-0.3, -0.25) is 4.79 Å². The fourth-order valence-electron chi connectivity index (χ4n) is 3.89.